The Morgan fingerprint density at radius 3 is 2.05 bits per heavy atom. The summed E-state index contributed by atoms with van der Waals surface area (Å²) in [5.41, 5.74) is 2.99. The predicted octanol–water partition coefficient (Wildman–Crippen LogP) is 3.13. The molecule has 0 bridgehead atoms. The normalized spacial score (nSPS) is 22.3. The number of nitrogens with one attached hydrogen (secondary N) is 1. The monoisotopic (exact) mass is 275 g/mol. The van der Waals surface area contributed by atoms with E-state index in [1.54, 1.807) is 0 Å². The van der Waals surface area contributed by atoms with Gasteiger partial charge in [-0.3, -0.25) is 9.59 Å². The van der Waals surface area contributed by atoms with E-state index in [1.165, 1.54) is 0 Å². The number of hydrogen-bond donors (Lipinski definition) is 2. The summed E-state index contributed by atoms with van der Waals surface area (Å²) in [6, 6.07) is 5.92. The van der Waals surface area contributed by atoms with E-state index >= 15 is 0 Å². The van der Waals surface area contributed by atoms with Crippen molar-refractivity contribution in [3.8, 4) is 0 Å². The maximum absolute atomic E-state index is 12.3. The molecule has 1 aliphatic carbocycles. The number of hydrogen-bond acceptors (Lipinski definition) is 2. The zero-order valence-corrected chi connectivity index (χ0v) is 12.0. The first-order valence-electron chi connectivity index (χ1n) is 7.09. The van der Waals surface area contributed by atoms with Crippen LogP contribution in [0.3, 0.4) is 0 Å². The largest absolute Gasteiger partial charge is 0.481 e. The fraction of sp³-hybridized carbons (Fsp3) is 0.500. The van der Waals surface area contributed by atoms with Gasteiger partial charge in [0.1, 0.15) is 0 Å². The number of anilines is 1. The molecule has 0 saturated heterocycles. The van der Waals surface area contributed by atoms with Gasteiger partial charge in [0.2, 0.25) is 5.91 Å². The number of amides is 1. The molecule has 0 unspecified atom stereocenters. The van der Waals surface area contributed by atoms with Gasteiger partial charge in [0.25, 0.3) is 0 Å². The van der Waals surface area contributed by atoms with Crippen molar-refractivity contribution in [2.75, 3.05) is 5.32 Å². The summed E-state index contributed by atoms with van der Waals surface area (Å²) >= 11 is 0. The second-order valence-corrected chi connectivity index (χ2v) is 5.64. The van der Waals surface area contributed by atoms with Crippen molar-refractivity contribution < 1.29 is 14.7 Å². The van der Waals surface area contributed by atoms with E-state index < -0.39 is 5.97 Å². The number of rotatable bonds is 3. The quantitative estimate of drug-likeness (QED) is 0.890. The average Bonchev–Trinajstić information content (AvgIpc) is 2.43. The Balaban J connectivity index is 1.98. The van der Waals surface area contributed by atoms with E-state index in [-0.39, 0.29) is 17.7 Å². The standard InChI is InChI=1S/C16H21NO3/c1-10-4-3-5-11(2)14(10)17-15(18)12-6-8-13(9-7-12)16(19)20/h3-5,12-13H,6-9H2,1-2H3,(H,17,18)(H,19,20). The lowest BCUT2D eigenvalue weighted by Crippen LogP contribution is -2.29. The van der Waals surface area contributed by atoms with Crippen LogP contribution in [0.4, 0.5) is 5.69 Å². The smallest absolute Gasteiger partial charge is 0.306 e. The molecule has 1 aromatic rings. The number of carboxylic acids is 1. The van der Waals surface area contributed by atoms with Crippen molar-refractivity contribution in [1.82, 2.24) is 0 Å². The summed E-state index contributed by atoms with van der Waals surface area (Å²) in [5, 5.41) is 12.0. The molecule has 4 heteroatoms. The highest BCUT2D eigenvalue weighted by molar-refractivity contribution is 5.94. The van der Waals surface area contributed by atoms with Gasteiger partial charge in [-0.15, -0.1) is 0 Å². The van der Waals surface area contributed by atoms with Gasteiger partial charge < -0.3 is 10.4 Å². The number of para-hydroxylation sites is 1. The van der Waals surface area contributed by atoms with Gasteiger partial charge in [-0.1, -0.05) is 18.2 Å². The van der Waals surface area contributed by atoms with Crippen LogP contribution < -0.4 is 5.32 Å². The zero-order valence-electron chi connectivity index (χ0n) is 12.0. The molecule has 108 valence electrons. The van der Waals surface area contributed by atoms with Crippen molar-refractivity contribution in [2.24, 2.45) is 11.8 Å². The molecule has 0 aromatic heterocycles. The molecule has 1 aliphatic rings. The molecule has 1 amide bonds. The van der Waals surface area contributed by atoms with Gasteiger partial charge in [-0.25, -0.2) is 0 Å². The minimum Gasteiger partial charge on any atom is -0.481 e. The van der Waals surface area contributed by atoms with Crippen LogP contribution in [0.25, 0.3) is 0 Å². The fourth-order valence-corrected chi connectivity index (χ4v) is 2.84. The van der Waals surface area contributed by atoms with Crippen LogP contribution in [0.1, 0.15) is 36.8 Å². The summed E-state index contributed by atoms with van der Waals surface area (Å²) in [6.45, 7) is 3.95. The number of carbonyl (C=O) groups is 2. The van der Waals surface area contributed by atoms with Gasteiger partial charge in [0.15, 0.2) is 0 Å². The van der Waals surface area contributed by atoms with E-state index in [4.69, 9.17) is 5.11 Å². The molecule has 20 heavy (non-hydrogen) atoms. The Bertz CT molecular complexity index is 496. The summed E-state index contributed by atoms with van der Waals surface area (Å²) in [5.74, 6) is -1.06. The van der Waals surface area contributed by atoms with E-state index in [2.05, 4.69) is 5.32 Å². The third kappa shape index (κ3) is 3.18. The molecule has 0 atom stereocenters. The van der Waals surface area contributed by atoms with Crippen molar-refractivity contribution >= 4 is 17.6 Å². The Hall–Kier alpha value is -1.84. The zero-order chi connectivity index (χ0) is 14.7. The molecule has 0 aliphatic heterocycles. The van der Waals surface area contributed by atoms with Crippen LogP contribution in [0, 0.1) is 25.7 Å². The lowest BCUT2D eigenvalue weighted by Gasteiger charge is -2.25. The Morgan fingerprint density at radius 1 is 1.05 bits per heavy atom. The highest BCUT2D eigenvalue weighted by atomic mass is 16.4. The van der Waals surface area contributed by atoms with Gasteiger partial charge in [-0.2, -0.15) is 0 Å². The third-order valence-corrected chi connectivity index (χ3v) is 4.18. The molecular formula is C16H21NO3. The van der Waals surface area contributed by atoms with Crippen LogP contribution >= 0.6 is 0 Å². The van der Waals surface area contributed by atoms with Crippen LogP contribution in [0.5, 0.6) is 0 Å². The molecule has 1 aromatic carbocycles. The molecular weight excluding hydrogens is 254 g/mol. The molecule has 0 heterocycles. The minimum absolute atomic E-state index is 0.0197. The van der Waals surface area contributed by atoms with Gasteiger partial charge in [0.05, 0.1) is 5.92 Å². The molecule has 4 nitrogen and oxygen atoms in total. The van der Waals surface area contributed by atoms with E-state index in [0.717, 1.165) is 16.8 Å². The highest BCUT2D eigenvalue weighted by Gasteiger charge is 2.29. The Kier molecular flexibility index (Phi) is 4.42. The van der Waals surface area contributed by atoms with Gasteiger partial charge in [0, 0.05) is 11.6 Å². The first-order valence-corrected chi connectivity index (χ1v) is 7.09. The lowest BCUT2D eigenvalue weighted by molar-refractivity contribution is -0.143. The number of aliphatic carboxylic acids is 1. The predicted molar refractivity (Wildman–Crippen MR) is 77.6 cm³/mol. The molecule has 0 spiro atoms. The maximum atomic E-state index is 12.3. The first-order chi connectivity index (χ1) is 9.49. The minimum atomic E-state index is -0.737. The number of carbonyl (C=O) groups excluding carboxylic acids is 1. The SMILES string of the molecule is Cc1cccc(C)c1NC(=O)C1CCC(C(=O)O)CC1. The van der Waals surface area contributed by atoms with Crippen LogP contribution in [-0.2, 0) is 9.59 Å². The van der Waals surface area contributed by atoms with Crippen molar-refractivity contribution in [3.05, 3.63) is 29.3 Å². The fourth-order valence-electron chi connectivity index (χ4n) is 2.84. The van der Waals surface area contributed by atoms with Gasteiger partial charge in [-0.05, 0) is 50.7 Å². The summed E-state index contributed by atoms with van der Waals surface area (Å²) in [6.07, 6.45) is 2.52. The van der Waals surface area contributed by atoms with Crippen LogP contribution in [0.2, 0.25) is 0 Å². The van der Waals surface area contributed by atoms with Crippen molar-refractivity contribution in [3.63, 3.8) is 0 Å². The van der Waals surface area contributed by atoms with Crippen molar-refractivity contribution in [2.45, 2.75) is 39.5 Å². The molecule has 2 rings (SSSR count). The van der Waals surface area contributed by atoms with Crippen LogP contribution in [-0.4, -0.2) is 17.0 Å². The summed E-state index contributed by atoms with van der Waals surface area (Å²) in [4.78, 5) is 23.2. The second-order valence-electron chi connectivity index (χ2n) is 5.64. The Morgan fingerprint density at radius 2 is 1.55 bits per heavy atom. The molecule has 1 fully saturated rings. The number of carboxylic acid groups (broad SMARTS) is 1. The molecule has 0 radical (unpaired) electrons. The van der Waals surface area contributed by atoms with Crippen molar-refractivity contribution in [1.29, 1.82) is 0 Å². The molecule has 1 saturated carbocycles. The average molecular weight is 275 g/mol. The first kappa shape index (κ1) is 14.6. The summed E-state index contributed by atoms with van der Waals surface area (Å²) in [7, 11) is 0. The van der Waals surface area contributed by atoms with Gasteiger partial charge >= 0.3 is 5.97 Å². The van der Waals surface area contributed by atoms with Crippen LogP contribution in [0.15, 0.2) is 18.2 Å². The van der Waals surface area contributed by atoms with E-state index in [0.29, 0.717) is 25.7 Å². The summed E-state index contributed by atoms with van der Waals surface area (Å²) < 4.78 is 0. The molecule has 2 N–H and O–H groups in total. The highest BCUT2D eigenvalue weighted by Crippen LogP contribution is 2.30. The van der Waals surface area contributed by atoms with E-state index in [9.17, 15) is 9.59 Å². The lowest BCUT2D eigenvalue weighted by atomic mass is 9.81. The van der Waals surface area contributed by atoms with E-state index in [1.807, 2.05) is 32.0 Å². The Labute approximate surface area is 119 Å². The maximum Gasteiger partial charge on any atom is 0.306 e. The number of aryl methyl sites for hydroxylation is 2. The third-order valence-electron chi connectivity index (χ3n) is 4.18. The second kappa shape index (κ2) is 6.07. The number of benzene rings is 1. The topological polar surface area (TPSA) is 66.4 Å².